The topological polar surface area (TPSA) is 17.8 Å². The molecule has 8 rings (SSSR count). The Morgan fingerprint density at radius 3 is 2.42 bits per heavy atom. The lowest BCUT2D eigenvalue weighted by Crippen LogP contribution is -2.15. The van der Waals surface area contributed by atoms with Gasteiger partial charge in [0, 0.05) is 22.7 Å². The molecule has 0 saturated heterocycles. The maximum absolute atomic E-state index is 4.49. The van der Waals surface area contributed by atoms with Crippen molar-refractivity contribution >= 4 is 28.1 Å². The quantitative estimate of drug-likeness (QED) is 0.170. The minimum atomic E-state index is -0.129. The molecule has 2 nitrogen and oxygen atoms in total. The Hall–Kier alpha value is -5.73. The van der Waals surface area contributed by atoms with Gasteiger partial charge in [0.25, 0.3) is 0 Å². The van der Waals surface area contributed by atoms with Crippen LogP contribution in [0, 0.1) is 0 Å². The van der Waals surface area contributed by atoms with Gasteiger partial charge in [0.15, 0.2) is 0 Å². The molecule has 0 saturated carbocycles. The molecule has 2 aliphatic rings. The third-order valence-corrected chi connectivity index (χ3v) is 10.1. The second kappa shape index (κ2) is 11.8. The normalized spacial score (nSPS) is 14.8. The van der Waals surface area contributed by atoms with Gasteiger partial charge < -0.3 is 4.57 Å². The van der Waals surface area contributed by atoms with Gasteiger partial charge in [0.05, 0.1) is 16.9 Å². The van der Waals surface area contributed by atoms with E-state index in [0.29, 0.717) is 0 Å². The molecule has 6 aromatic rings. The number of benzene rings is 4. The zero-order valence-electron chi connectivity index (χ0n) is 27.7. The Morgan fingerprint density at radius 1 is 0.792 bits per heavy atom. The van der Waals surface area contributed by atoms with Crippen LogP contribution in [0.2, 0.25) is 0 Å². The average molecular weight is 619 g/mol. The van der Waals surface area contributed by atoms with Crippen molar-refractivity contribution in [2.24, 2.45) is 0 Å². The second-order valence-corrected chi connectivity index (χ2v) is 13.3. The average Bonchev–Trinajstić information content (AvgIpc) is 3.41. The lowest BCUT2D eigenvalue weighted by Gasteiger charge is -2.23. The van der Waals surface area contributed by atoms with Crippen LogP contribution in [0.1, 0.15) is 54.4 Å². The first-order chi connectivity index (χ1) is 23.4. The summed E-state index contributed by atoms with van der Waals surface area (Å²) in [6, 6.07) is 37.7. The minimum absolute atomic E-state index is 0.129. The molecule has 0 amide bonds. The Bertz CT molecular complexity index is 2360. The molecule has 48 heavy (non-hydrogen) atoms. The van der Waals surface area contributed by atoms with E-state index in [-0.39, 0.29) is 5.41 Å². The largest absolute Gasteiger partial charge is 0.310 e. The molecule has 2 heteroatoms. The highest BCUT2D eigenvalue weighted by atomic mass is 15.0. The lowest BCUT2D eigenvalue weighted by atomic mass is 9.81. The molecule has 0 fully saturated rings. The van der Waals surface area contributed by atoms with Crippen LogP contribution >= 0.6 is 0 Å². The Kier molecular flexibility index (Phi) is 7.30. The van der Waals surface area contributed by atoms with E-state index >= 15 is 0 Å². The maximum Gasteiger partial charge on any atom is 0.0701 e. The third kappa shape index (κ3) is 4.93. The molecular weight excluding hydrogens is 581 g/mol. The maximum atomic E-state index is 4.49. The Balaban J connectivity index is 1.15. The van der Waals surface area contributed by atoms with Crippen molar-refractivity contribution in [3.8, 4) is 27.9 Å². The smallest absolute Gasteiger partial charge is 0.0701 e. The van der Waals surface area contributed by atoms with Gasteiger partial charge in [0.2, 0.25) is 0 Å². The number of rotatable bonds is 6. The fourth-order valence-electron chi connectivity index (χ4n) is 7.49. The Morgan fingerprint density at radius 2 is 1.58 bits per heavy atom. The van der Waals surface area contributed by atoms with Crippen LogP contribution in [-0.4, -0.2) is 9.55 Å². The molecule has 0 aliphatic heterocycles. The van der Waals surface area contributed by atoms with Gasteiger partial charge in [-0.3, -0.25) is 4.98 Å². The number of nitrogens with zero attached hydrogens (tertiary/aromatic N) is 2. The summed E-state index contributed by atoms with van der Waals surface area (Å²) in [6.07, 6.45) is 17.7. The third-order valence-electron chi connectivity index (χ3n) is 10.1. The van der Waals surface area contributed by atoms with E-state index in [1.54, 1.807) is 0 Å². The molecule has 0 atom stereocenters. The van der Waals surface area contributed by atoms with Crippen LogP contribution in [0.5, 0.6) is 0 Å². The van der Waals surface area contributed by atoms with E-state index in [2.05, 4.69) is 158 Å². The van der Waals surface area contributed by atoms with Gasteiger partial charge in [-0.05, 0) is 118 Å². The van der Waals surface area contributed by atoms with E-state index in [1.807, 2.05) is 30.5 Å². The summed E-state index contributed by atoms with van der Waals surface area (Å²) in [5.74, 6) is 0. The van der Waals surface area contributed by atoms with Crippen molar-refractivity contribution in [2.75, 3.05) is 0 Å². The highest BCUT2D eigenvalue weighted by Crippen LogP contribution is 2.50. The Labute approximate surface area is 283 Å². The zero-order valence-corrected chi connectivity index (χ0v) is 27.7. The van der Waals surface area contributed by atoms with Gasteiger partial charge in [0.1, 0.15) is 0 Å². The fraction of sp³-hybridized carbons (Fsp3) is 0.109. The first-order valence-corrected chi connectivity index (χ1v) is 16.7. The van der Waals surface area contributed by atoms with E-state index in [0.717, 1.165) is 17.7 Å². The number of hydrogen-bond acceptors (Lipinski definition) is 1. The van der Waals surface area contributed by atoms with E-state index < -0.39 is 0 Å². The van der Waals surface area contributed by atoms with Crippen LogP contribution in [0.3, 0.4) is 0 Å². The number of fused-ring (bicyclic) bond motifs is 6. The molecule has 2 aliphatic carbocycles. The van der Waals surface area contributed by atoms with Crippen molar-refractivity contribution in [3.63, 3.8) is 0 Å². The van der Waals surface area contributed by atoms with Gasteiger partial charge in [-0.1, -0.05) is 118 Å². The van der Waals surface area contributed by atoms with E-state index in [9.17, 15) is 0 Å². The number of allylic oxidation sites excluding steroid dienone is 8. The van der Waals surface area contributed by atoms with Crippen molar-refractivity contribution in [2.45, 2.75) is 32.6 Å². The van der Waals surface area contributed by atoms with Crippen LogP contribution in [0.4, 0.5) is 0 Å². The number of para-hydroxylation sites is 1. The molecule has 232 valence electrons. The van der Waals surface area contributed by atoms with Crippen LogP contribution in [-0.2, 0) is 11.8 Å². The van der Waals surface area contributed by atoms with Crippen LogP contribution < -0.4 is 0 Å². The molecule has 0 bridgehead atoms. The highest BCUT2D eigenvalue weighted by Gasteiger charge is 2.36. The summed E-state index contributed by atoms with van der Waals surface area (Å²) >= 11 is 0. The molecule has 2 aromatic heterocycles. The first-order valence-electron chi connectivity index (χ1n) is 16.7. The zero-order chi connectivity index (χ0) is 32.8. The molecule has 0 radical (unpaired) electrons. The van der Waals surface area contributed by atoms with E-state index in [4.69, 9.17) is 0 Å². The molecule has 0 unspecified atom stereocenters. The number of pyridine rings is 1. The van der Waals surface area contributed by atoms with Crippen molar-refractivity contribution in [3.05, 3.63) is 186 Å². The molecule has 0 spiro atoms. The monoisotopic (exact) mass is 618 g/mol. The van der Waals surface area contributed by atoms with Gasteiger partial charge >= 0.3 is 0 Å². The summed E-state index contributed by atoms with van der Waals surface area (Å²) < 4.78 is 2.42. The highest BCUT2D eigenvalue weighted by molar-refractivity contribution is 5.91. The molecular formula is C46H38N2. The summed E-state index contributed by atoms with van der Waals surface area (Å²) in [4.78, 5) is 4.49. The number of aromatic nitrogens is 2. The summed E-state index contributed by atoms with van der Waals surface area (Å²) in [7, 11) is 0. The first kappa shape index (κ1) is 29.7. The minimum Gasteiger partial charge on any atom is -0.310 e. The van der Waals surface area contributed by atoms with Crippen molar-refractivity contribution in [1.82, 2.24) is 9.55 Å². The predicted molar refractivity (Wildman–Crippen MR) is 204 cm³/mol. The lowest BCUT2D eigenvalue weighted by molar-refractivity contribution is 0.660. The summed E-state index contributed by atoms with van der Waals surface area (Å²) in [5.41, 5.74) is 17.2. The van der Waals surface area contributed by atoms with Crippen LogP contribution in [0.15, 0.2) is 152 Å². The standard InChI is InChI=1S/C46H38N2/c1-5-32(43-18-11-12-27-47-43)22-21-31(2)33-23-25-37-38-26-24-35(30-42(38)46(3,4)41(37)29-33)34-14-13-15-36(28-34)48-44-19-8-6-7-16-39(44)40-17-9-10-20-45(40)48/h5-15,17-30H,1,16H2,2-4H3/b31-21+,32-22+. The molecule has 2 heterocycles. The van der Waals surface area contributed by atoms with Crippen molar-refractivity contribution in [1.29, 1.82) is 0 Å². The van der Waals surface area contributed by atoms with Gasteiger partial charge in [-0.2, -0.15) is 0 Å². The second-order valence-electron chi connectivity index (χ2n) is 13.3. The predicted octanol–water partition coefficient (Wildman–Crippen LogP) is 11.8. The molecule has 0 N–H and O–H groups in total. The SMILES string of the molecule is C=C/C(=C\C=C(/C)c1ccc2c(c1)C(C)(C)c1cc(-c3cccc(-n4c5c(c6ccccc64)CC=CC=C5)c3)ccc1-2)c1ccccn1. The van der Waals surface area contributed by atoms with Crippen LogP contribution in [0.25, 0.3) is 56.1 Å². The summed E-state index contributed by atoms with van der Waals surface area (Å²) in [6.45, 7) is 10.9. The molecule has 4 aromatic carbocycles. The fourth-order valence-corrected chi connectivity index (χ4v) is 7.49. The van der Waals surface area contributed by atoms with Gasteiger partial charge in [-0.25, -0.2) is 0 Å². The number of hydrogen-bond donors (Lipinski definition) is 0. The van der Waals surface area contributed by atoms with Crippen molar-refractivity contribution < 1.29 is 0 Å². The summed E-state index contributed by atoms with van der Waals surface area (Å²) in [5, 5.41) is 1.32. The van der Waals surface area contributed by atoms with E-state index in [1.165, 1.54) is 72.4 Å². The van der Waals surface area contributed by atoms with Gasteiger partial charge in [-0.15, -0.1) is 0 Å².